The molecule has 0 atom stereocenters. The van der Waals surface area contributed by atoms with Crippen LogP contribution in [0.15, 0.2) is 82.8 Å². The van der Waals surface area contributed by atoms with Gasteiger partial charge in [-0.15, -0.1) is 0 Å². The largest absolute Gasteiger partial charge is 0.488 e. The number of hydrogen-bond donors (Lipinski definition) is 1. The molecule has 0 bridgehead atoms. The Kier molecular flexibility index (Phi) is 6.83. The Morgan fingerprint density at radius 2 is 1.83 bits per heavy atom. The smallest absolute Gasteiger partial charge is 0.266 e. The molecule has 0 fully saturated rings. The minimum atomic E-state index is -0.469. The fraction of sp³-hybridized carbons (Fsp3) is 0.0833. The summed E-state index contributed by atoms with van der Waals surface area (Å²) in [6.07, 6.45) is 1.54. The van der Waals surface area contributed by atoms with Crippen molar-refractivity contribution in [3.05, 3.63) is 99.5 Å². The van der Waals surface area contributed by atoms with Gasteiger partial charge in [-0.05, 0) is 48.9 Å². The molecule has 0 aliphatic heterocycles. The molecule has 3 rings (SSSR count). The van der Waals surface area contributed by atoms with E-state index in [1.807, 2.05) is 73.7 Å². The standard InChI is InChI=1S/C24H19BrN2O2/c1-17-7-9-18(10-8-17)16-29-23-12-11-21(25)14-19(23)13-20(15-26)24(28)27-22-5-3-2-4-6-22/h2-14H,16H2,1H3,(H,27,28)/b20-13+. The first-order chi connectivity index (χ1) is 14.0. The van der Waals surface area contributed by atoms with Gasteiger partial charge in [-0.1, -0.05) is 64.0 Å². The number of amides is 1. The molecule has 29 heavy (non-hydrogen) atoms. The Morgan fingerprint density at radius 3 is 2.52 bits per heavy atom. The highest BCUT2D eigenvalue weighted by molar-refractivity contribution is 9.10. The van der Waals surface area contributed by atoms with Crippen molar-refractivity contribution < 1.29 is 9.53 Å². The minimum absolute atomic E-state index is 0.00728. The molecule has 0 unspecified atom stereocenters. The highest BCUT2D eigenvalue weighted by atomic mass is 79.9. The number of halogens is 1. The van der Waals surface area contributed by atoms with Crippen molar-refractivity contribution in [1.82, 2.24) is 0 Å². The van der Waals surface area contributed by atoms with Gasteiger partial charge in [0.15, 0.2) is 0 Å². The molecule has 5 heteroatoms. The number of benzene rings is 3. The maximum absolute atomic E-state index is 12.5. The van der Waals surface area contributed by atoms with Gasteiger partial charge in [-0.3, -0.25) is 4.79 Å². The van der Waals surface area contributed by atoms with Gasteiger partial charge in [0.05, 0.1) is 0 Å². The summed E-state index contributed by atoms with van der Waals surface area (Å²) >= 11 is 3.43. The van der Waals surface area contributed by atoms with Crippen LogP contribution in [0.1, 0.15) is 16.7 Å². The molecule has 0 radical (unpaired) electrons. The number of ether oxygens (including phenoxy) is 1. The van der Waals surface area contributed by atoms with Crippen LogP contribution in [0, 0.1) is 18.3 Å². The van der Waals surface area contributed by atoms with Gasteiger partial charge < -0.3 is 10.1 Å². The number of nitrogens with zero attached hydrogens (tertiary/aromatic N) is 1. The van der Waals surface area contributed by atoms with Crippen LogP contribution in [0.2, 0.25) is 0 Å². The Labute approximate surface area is 178 Å². The van der Waals surface area contributed by atoms with Crippen molar-refractivity contribution in [3.8, 4) is 11.8 Å². The van der Waals surface area contributed by atoms with Crippen LogP contribution in [0.5, 0.6) is 5.75 Å². The van der Waals surface area contributed by atoms with Crippen molar-refractivity contribution in [2.45, 2.75) is 13.5 Å². The van der Waals surface area contributed by atoms with Gasteiger partial charge in [0.25, 0.3) is 5.91 Å². The Morgan fingerprint density at radius 1 is 1.10 bits per heavy atom. The summed E-state index contributed by atoms with van der Waals surface area (Å²) in [6, 6.07) is 24.6. The highest BCUT2D eigenvalue weighted by Crippen LogP contribution is 2.27. The number of carbonyl (C=O) groups excluding carboxylic acids is 1. The molecule has 0 saturated heterocycles. The van der Waals surface area contributed by atoms with Crippen molar-refractivity contribution in [2.24, 2.45) is 0 Å². The number of para-hydroxylation sites is 1. The van der Waals surface area contributed by atoms with E-state index in [4.69, 9.17) is 4.74 Å². The molecule has 0 saturated carbocycles. The number of aryl methyl sites for hydroxylation is 1. The van der Waals surface area contributed by atoms with Crippen LogP contribution in [-0.2, 0) is 11.4 Å². The predicted molar refractivity (Wildman–Crippen MR) is 118 cm³/mol. The highest BCUT2D eigenvalue weighted by Gasteiger charge is 2.12. The number of hydrogen-bond acceptors (Lipinski definition) is 3. The average Bonchev–Trinajstić information content (AvgIpc) is 2.73. The van der Waals surface area contributed by atoms with Crippen LogP contribution in [-0.4, -0.2) is 5.91 Å². The van der Waals surface area contributed by atoms with Crippen LogP contribution in [0.25, 0.3) is 6.08 Å². The van der Waals surface area contributed by atoms with Gasteiger partial charge in [0.2, 0.25) is 0 Å². The normalized spacial score (nSPS) is 10.9. The van der Waals surface area contributed by atoms with E-state index in [2.05, 4.69) is 21.2 Å². The van der Waals surface area contributed by atoms with Crippen molar-refractivity contribution >= 4 is 33.6 Å². The second-order valence-corrected chi connectivity index (χ2v) is 7.36. The summed E-state index contributed by atoms with van der Waals surface area (Å²) < 4.78 is 6.78. The second kappa shape index (κ2) is 9.72. The van der Waals surface area contributed by atoms with Crippen molar-refractivity contribution in [2.75, 3.05) is 5.32 Å². The molecule has 0 aliphatic rings. The van der Waals surface area contributed by atoms with E-state index in [1.165, 1.54) is 11.6 Å². The topological polar surface area (TPSA) is 62.1 Å². The quantitative estimate of drug-likeness (QED) is 0.379. The third-order valence-corrected chi connectivity index (χ3v) is 4.68. The molecule has 144 valence electrons. The number of rotatable bonds is 6. The van der Waals surface area contributed by atoms with E-state index in [0.717, 1.165) is 10.0 Å². The molecule has 1 N–H and O–H groups in total. The Bertz CT molecular complexity index is 1070. The molecule has 0 heterocycles. The maximum Gasteiger partial charge on any atom is 0.266 e. The summed E-state index contributed by atoms with van der Waals surface area (Å²) in [5.74, 6) is 0.122. The molecule has 4 nitrogen and oxygen atoms in total. The average molecular weight is 447 g/mol. The lowest BCUT2D eigenvalue weighted by Crippen LogP contribution is -2.13. The number of carbonyl (C=O) groups is 1. The summed E-state index contributed by atoms with van der Waals surface area (Å²) in [5, 5.41) is 12.2. The molecule has 3 aromatic rings. The monoisotopic (exact) mass is 446 g/mol. The zero-order valence-corrected chi connectivity index (χ0v) is 17.4. The molecule has 0 aromatic heterocycles. The van der Waals surface area contributed by atoms with Gasteiger partial charge in [0, 0.05) is 15.7 Å². The number of nitrogens with one attached hydrogen (secondary N) is 1. The van der Waals surface area contributed by atoms with E-state index in [-0.39, 0.29) is 5.57 Å². The SMILES string of the molecule is Cc1ccc(COc2ccc(Br)cc2/C=C(\C#N)C(=O)Nc2ccccc2)cc1. The van der Waals surface area contributed by atoms with E-state index < -0.39 is 5.91 Å². The number of anilines is 1. The molecular weight excluding hydrogens is 428 g/mol. The van der Waals surface area contributed by atoms with Crippen LogP contribution in [0.3, 0.4) is 0 Å². The predicted octanol–water partition coefficient (Wildman–Crippen LogP) is 5.88. The zero-order chi connectivity index (χ0) is 20.6. The summed E-state index contributed by atoms with van der Waals surface area (Å²) in [6.45, 7) is 2.42. The van der Waals surface area contributed by atoms with Gasteiger partial charge >= 0.3 is 0 Å². The zero-order valence-electron chi connectivity index (χ0n) is 15.9. The molecule has 0 aliphatic carbocycles. The molecule has 1 amide bonds. The lowest BCUT2D eigenvalue weighted by atomic mass is 10.1. The molecular formula is C24H19BrN2O2. The maximum atomic E-state index is 12.5. The van der Waals surface area contributed by atoms with Gasteiger partial charge in [-0.2, -0.15) is 5.26 Å². The number of nitriles is 1. The van der Waals surface area contributed by atoms with Crippen LogP contribution >= 0.6 is 15.9 Å². The van der Waals surface area contributed by atoms with Crippen molar-refractivity contribution in [1.29, 1.82) is 5.26 Å². The Balaban J connectivity index is 1.82. The van der Waals surface area contributed by atoms with Gasteiger partial charge in [0.1, 0.15) is 24.0 Å². The third-order valence-electron chi connectivity index (χ3n) is 4.18. The first-order valence-electron chi connectivity index (χ1n) is 9.01. The lowest BCUT2D eigenvalue weighted by Gasteiger charge is -2.11. The van der Waals surface area contributed by atoms with E-state index in [1.54, 1.807) is 12.1 Å². The first kappa shape index (κ1) is 20.4. The Hall–Kier alpha value is -3.36. The van der Waals surface area contributed by atoms with E-state index in [9.17, 15) is 10.1 Å². The third kappa shape index (κ3) is 5.81. The van der Waals surface area contributed by atoms with E-state index >= 15 is 0 Å². The minimum Gasteiger partial charge on any atom is -0.488 e. The summed E-state index contributed by atoms with van der Waals surface area (Å²) in [7, 11) is 0. The molecule has 3 aromatic carbocycles. The van der Waals surface area contributed by atoms with E-state index in [0.29, 0.717) is 23.6 Å². The summed E-state index contributed by atoms with van der Waals surface area (Å²) in [4.78, 5) is 12.5. The second-order valence-electron chi connectivity index (χ2n) is 6.45. The van der Waals surface area contributed by atoms with Gasteiger partial charge in [-0.25, -0.2) is 0 Å². The summed E-state index contributed by atoms with van der Waals surface area (Å²) in [5.41, 5.74) is 3.49. The van der Waals surface area contributed by atoms with Crippen LogP contribution < -0.4 is 10.1 Å². The fourth-order valence-corrected chi connectivity index (χ4v) is 3.01. The first-order valence-corrected chi connectivity index (χ1v) is 9.80. The lowest BCUT2D eigenvalue weighted by molar-refractivity contribution is -0.112. The van der Waals surface area contributed by atoms with Crippen LogP contribution in [0.4, 0.5) is 5.69 Å². The fourth-order valence-electron chi connectivity index (χ4n) is 2.63. The molecule has 0 spiro atoms. The van der Waals surface area contributed by atoms with Crippen molar-refractivity contribution in [3.63, 3.8) is 0 Å².